The van der Waals surface area contributed by atoms with E-state index >= 15 is 0 Å². The third-order valence-electron chi connectivity index (χ3n) is 8.36. The molecule has 0 atom stereocenters. The van der Waals surface area contributed by atoms with Crippen LogP contribution in [0.25, 0.3) is 66.1 Å². The van der Waals surface area contributed by atoms with Gasteiger partial charge in [0.2, 0.25) is 0 Å². The van der Waals surface area contributed by atoms with Gasteiger partial charge in [0.15, 0.2) is 5.78 Å². The number of esters is 1. The van der Waals surface area contributed by atoms with Crippen molar-refractivity contribution in [2.45, 2.75) is 0 Å². The summed E-state index contributed by atoms with van der Waals surface area (Å²) in [6.45, 7) is 0. The van der Waals surface area contributed by atoms with Crippen molar-refractivity contribution in [2.75, 3.05) is 7.11 Å². The summed E-state index contributed by atoms with van der Waals surface area (Å²) in [7, 11) is 1.39. The van der Waals surface area contributed by atoms with E-state index in [1.54, 1.807) is 6.07 Å². The van der Waals surface area contributed by atoms with Gasteiger partial charge in [-0.1, -0.05) is 92.5 Å². The predicted octanol–water partition coefficient (Wildman–Crippen LogP) is 11.4. The first-order valence-electron chi connectivity index (χ1n) is 14.5. The molecule has 0 unspecified atom stereocenters. The van der Waals surface area contributed by atoms with E-state index < -0.39 is 0 Å². The summed E-state index contributed by atoms with van der Waals surface area (Å²) in [4.78, 5) is 24.9. The average Bonchev–Trinajstić information content (AvgIpc) is 3.74. The number of carbonyl (C=O) groups is 2. The Balaban J connectivity index is 0.000000136. The van der Waals surface area contributed by atoms with Gasteiger partial charge in [-0.2, -0.15) is 0 Å². The molecule has 9 rings (SSSR count). The number of fused-ring (bicyclic) bond motifs is 10. The number of hydrogen-bond acceptors (Lipinski definition) is 5. The van der Waals surface area contributed by atoms with Crippen LogP contribution in [-0.4, -0.2) is 18.9 Å². The second-order valence-electron chi connectivity index (χ2n) is 10.9. The highest BCUT2D eigenvalue weighted by atomic mass is 79.9. The fraction of sp³-hybridized carbons (Fsp3) is 0.0256. The molecule has 7 heteroatoms. The molecule has 0 spiro atoms. The van der Waals surface area contributed by atoms with Gasteiger partial charge in [0, 0.05) is 47.2 Å². The monoisotopic (exact) mass is 728 g/mol. The maximum absolute atomic E-state index is 12.7. The molecule has 0 bridgehead atoms. The number of furan rings is 2. The zero-order valence-electron chi connectivity index (χ0n) is 24.3. The minimum atomic E-state index is -0.365. The van der Waals surface area contributed by atoms with E-state index in [9.17, 15) is 9.59 Å². The Morgan fingerprint density at radius 3 is 1.87 bits per heavy atom. The van der Waals surface area contributed by atoms with Gasteiger partial charge in [-0.25, -0.2) is 4.79 Å². The second kappa shape index (κ2) is 11.1. The number of ketones is 1. The van der Waals surface area contributed by atoms with E-state index in [1.807, 2.05) is 109 Å². The second-order valence-corrected chi connectivity index (χ2v) is 12.8. The van der Waals surface area contributed by atoms with Crippen LogP contribution in [0.4, 0.5) is 0 Å². The van der Waals surface area contributed by atoms with Crippen LogP contribution in [0.1, 0.15) is 26.3 Å². The van der Waals surface area contributed by atoms with Crippen molar-refractivity contribution in [3.8, 4) is 22.3 Å². The first-order chi connectivity index (χ1) is 22.4. The zero-order valence-corrected chi connectivity index (χ0v) is 27.4. The van der Waals surface area contributed by atoms with E-state index in [0.29, 0.717) is 5.56 Å². The van der Waals surface area contributed by atoms with Gasteiger partial charge in [-0.3, -0.25) is 4.79 Å². The number of ether oxygens (including phenoxy) is 1. The quantitative estimate of drug-likeness (QED) is 0.166. The maximum atomic E-state index is 12.7. The Bertz CT molecular complexity index is 2540. The Kier molecular flexibility index (Phi) is 6.89. The third kappa shape index (κ3) is 4.49. The molecule has 222 valence electrons. The Morgan fingerprint density at radius 1 is 0.565 bits per heavy atom. The molecule has 6 aromatic carbocycles. The number of rotatable bonds is 2. The third-order valence-corrected chi connectivity index (χ3v) is 9.35. The highest BCUT2D eigenvalue weighted by molar-refractivity contribution is 9.10. The fourth-order valence-corrected chi connectivity index (χ4v) is 7.10. The molecule has 0 aliphatic heterocycles. The van der Waals surface area contributed by atoms with Crippen LogP contribution in [0.3, 0.4) is 0 Å². The molecule has 2 aromatic heterocycles. The summed E-state index contributed by atoms with van der Waals surface area (Å²) >= 11 is 6.87. The Labute approximate surface area is 279 Å². The van der Waals surface area contributed by atoms with E-state index in [2.05, 4.69) is 31.9 Å². The van der Waals surface area contributed by atoms with Gasteiger partial charge in [-0.05, 0) is 71.3 Å². The smallest absolute Gasteiger partial charge is 0.338 e. The summed E-state index contributed by atoms with van der Waals surface area (Å²) in [5.74, 6) is -0.283. The first-order valence-corrected chi connectivity index (χ1v) is 16.1. The van der Waals surface area contributed by atoms with Crippen molar-refractivity contribution in [1.29, 1.82) is 0 Å². The van der Waals surface area contributed by atoms with Crippen molar-refractivity contribution in [3.05, 3.63) is 141 Å². The van der Waals surface area contributed by atoms with Crippen molar-refractivity contribution < 1.29 is 23.2 Å². The lowest BCUT2D eigenvalue weighted by atomic mass is 9.95. The van der Waals surface area contributed by atoms with Gasteiger partial charge in [-0.15, -0.1) is 0 Å². The minimum absolute atomic E-state index is 0.0819. The van der Waals surface area contributed by atoms with E-state index in [4.69, 9.17) is 13.6 Å². The van der Waals surface area contributed by atoms with Gasteiger partial charge < -0.3 is 13.6 Å². The number of para-hydroxylation sites is 2. The van der Waals surface area contributed by atoms with Crippen LogP contribution in [0.5, 0.6) is 0 Å². The molecule has 0 saturated heterocycles. The number of hydrogen-bond donors (Lipinski definition) is 0. The maximum Gasteiger partial charge on any atom is 0.338 e. The number of methoxy groups -OCH3 is 1. The topological polar surface area (TPSA) is 69.7 Å². The van der Waals surface area contributed by atoms with Gasteiger partial charge in [0.05, 0.1) is 12.7 Å². The van der Waals surface area contributed by atoms with E-state index in [0.717, 1.165) is 86.2 Å². The van der Waals surface area contributed by atoms with E-state index in [1.165, 1.54) is 7.11 Å². The van der Waals surface area contributed by atoms with Gasteiger partial charge >= 0.3 is 5.97 Å². The molecular formula is C39H22Br2O5. The molecular weight excluding hydrogens is 708 g/mol. The molecule has 0 radical (unpaired) electrons. The van der Waals surface area contributed by atoms with Crippen LogP contribution < -0.4 is 0 Å². The normalized spacial score (nSPS) is 11.9. The summed E-state index contributed by atoms with van der Waals surface area (Å²) in [6, 6.07) is 37.0. The van der Waals surface area contributed by atoms with E-state index in [-0.39, 0.29) is 11.8 Å². The highest BCUT2D eigenvalue weighted by Crippen LogP contribution is 2.45. The fourth-order valence-electron chi connectivity index (χ4n) is 6.38. The van der Waals surface area contributed by atoms with Crippen LogP contribution in [0, 0.1) is 0 Å². The summed E-state index contributed by atoms with van der Waals surface area (Å²) in [5.41, 5.74) is 9.08. The highest BCUT2D eigenvalue weighted by Gasteiger charge is 2.30. The lowest BCUT2D eigenvalue weighted by molar-refractivity contribution is 0.0601. The lowest BCUT2D eigenvalue weighted by Gasteiger charge is -2.10. The van der Waals surface area contributed by atoms with Crippen LogP contribution in [-0.2, 0) is 4.74 Å². The molecule has 0 amide bonds. The van der Waals surface area contributed by atoms with Crippen molar-refractivity contribution in [1.82, 2.24) is 0 Å². The molecule has 0 fully saturated rings. The largest absolute Gasteiger partial charge is 0.465 e. The molecule has 2 heterocycles. The standard InChI is InChI=1S/C20H13BrO3.C19H9BrO2/c1-23-20(22)16-11-12(21)9-10-13(16)14-6-4-8-18-19(14)15-5-2-3-7-17(15)24-18;20-10-5-6-11-14(9-10)19(21)13-7-8-16-18(17(11)13)12-3-1-2-4-15(12)22-16/h2-11H,1H3;1-9H. The lowest BCUT2D eigenvalue weighted by Crippen LogP contribution is -2.03. The van der Waals surface area contributed by atoms with Crippen LogP contribution in [0.2, 0.25) is 0 Å². The Hall–Kier alpha value is -4.98. The number of benzene rings is 6. The SMILES string of the molecule is COC(=O)c1cc(Br)ccc1-c1cccc2oc3ccccc3c12.O=C1c2cc(Br)ccc2-c2c1ccc1oc3ccccc3c21. The summed E-state index contributed by atoms with van der Waals surface area (Å²) in [5, 5.41) is 4.11. The predicted molar refractivity (Wildman–Crippen MR) is 188 cm³/mol. The minimum Gasteiger partial charge on any atom is -0.465 e. The molecule has 0 N–H and O–H groups in total. The van der Waals surface area contributed by atoms with Crippen LogP contribution in [0.15, 0.2) is 133 Å². The molecule has 5 nitrogen and oxygen atoms in total. The Morgan fingerprint density at radius 2 is 1.15 bits per heavy atom. The van der Waals surface area contributed by atoms with Gasteiger partial charge in [0.25, 0.3) is 0 Å². The van der Waals surface area contributed by atoms with Crippen molar-refractivity contribution in [3.63, 3.8) is 0 Å². The number of halogens is 2. The zero-order chi connectivity index (χ0) is 31.5. The van der Waals surface area contributed by atoms with Crippen molar-refractivity contribution in [2.24, 2.45) is 0 Å². The first kappa shape index (κ1) is 28.5. The molecule has 1 aliphatic rings. The number of carbonyl (C=O) groups excluding carboxylic acids is 2. The van der Waals surface area contributed by atoms with Crippen molar-refractivity contribution >= 4 is 87.5 Å². The van der Waals surface area contributed by atoms with Crippen LogP contribution >= 0.6 is 31.9 Å². The molecule has 8 aromatic rings. The average molecular weight is 730 g/mol. The molecule has 46 heavy (non-hydrogen) atoms. The van der Waals surface area contributed by atoms with Gasteiger partial charge in [0.1, 0.15) is 22.3 Å². The summed E-state index contributed by atoms with van der Waals surface area (Å²) < 4.78 is 18.6. The molecule has 0 saturated carbocycles. The summed E-state index contributed by atoms with van der Waals surface area (Å²) in [6.07, 6.45) is 0. The molecule has 1 aliphatic carbocycles.